The van der Waals surface area contributed by atoms with Gasteiger partial charge in [-0.1, -0.05) is 19.4 Å². The summed E-state index contributed by atoms with van der Waals surface area (Å²) in [6, 6.07) is 5.81. The highest BCUT2D eigenvalue weighted by molar-refractivity contribution is 5.41. The summed E-state index contributed by atoms with van der Waals surface area (Å²) in [4.78, 5) is 0. The van der Waals surface area contributed by atoms with Crippen molar-refractivity contribution in [2.75, 3.05) is 20.3 Å². The van der Waals surface area contributed by atoms with Crippen LogP contribution in [0.25, 0.3) is 0 Å². The molecule has 1 rings (SSSR count). The fourth-order valence-corrected chi connectivity index (χ4v) is 2.00. The molecule has 0 saturated carbocycles. The lowest BCUT2D eigenvalue weighted by molar-refractivity contribution is 0.161. The van der Waals surface area contributed by atoms with Gasteiger partial charge < -0.3 is 19.9 Å². The first-order valence-corrected chi connectivity index (χ1v) is 6.88. The van der Waals surface area contributed by atoms with Gasteiger partial charge in [0.2, 0.25) is 0 Å². The van der Waals surface area contributed by atoms with Gasteiger partial charge in [-0.25, -0.2) is 0 Å². The van der Waals surface area contributed by atoms with Crippen LogP contribution in [0.3, 0.4) is 0 Å². The summed E-state index contributed by atoms with van der Waals surface area (Å²) in [7, 11) is 1.72. The van der Waals surface area contributed by atoms with Crippen LogP contribution in [0.4, 0.5) is 0 Å². The molecular weight excluding hydrogens is 242 g/mol. The van der Waals surface area contributed by atoms with E-state index in [1.807, 2.05) is 19.1 Å². The summed E-state index contributed by atoms with van der Waals surface area (Å²) in [5.74, 6) is 0.730. The van der Waals surface area contributed by atoms with Crippen LogP contribution in [0.5, 0.6) is 11.5 Å². The molecule has 0 spiro atoms. The third-order valence-electron chi connectivity index (χ3n) is 2.92. The molecule has 108 valence electrons. The highest BCUT2D eigenvalue weighted by Gasteiger charge is 2.08. The van der Waals surface area contributed by atoms with Crippen LogP contribution < -0.4 is 10.1 Å². The SMILES string of the molecule is CCCC(COC)NCc1ccc(O)c(OCC)c1. The van der Waals surface area contributed by atoms with Gasteiger partial charge >= 0.3 is 0 Å². The predicted octanol–water partition coefficient (Wildman–Crippen LogP) is 2.70. The third-order valence-corrected chi connectivity index (χ3v) is 2.92. The lowest BCUT2D eigenvalue weighted by Crippen LogP contribution is -2.32. The quantitative estimate of drug-likeness (QED) is 0.722. The van der Waals surface area contributed by atoms with Gasteiger partial charge in [-0.3, -0.25) is 0 Å². The number of aromatic hydroxyl groups is 1. The minimum atomic E-state index is 0.188. The zero-order chi connectivity index (χ0) is 14.1. The zero-order valence-electron chi connectivity index (χ0n) is 12.1. The zero-order valence-corrected chi connectivity index (χ0v) is 12.1. The molecule has 0 fully saturated rings. The van der Waals surface area contributed by atoms with Crippen molar-refractivity contribution in [2.24, 2.45) is 0 Å². The van der Waals surface area contributed by atoms with E-state index in [1.165, 1.54) is 0 Å². The van der Waals surface area contributed by atoms with Crippen molar-refractivity contribution in [3.05, 3.63) is 23.8 Å². The second kappa shape index (κ2) is 8.77. The van der Waals surface area contributed by atoms with Crippen LogP contribution in [-0.4, -0.2) is 31.5 Å². The number of methoxy groups -OCH3 is 1. The van der Waals surface area contributed by atoms with Gasteiger partial charge in [0, 0.05) is 19.7 Å². The molecule has 1 unspecified atom stereocenters. The number of hydrogen-bond acceptors (Lipinski definition) is 4. The van der Waals surface area contributed by atoms with Gasteiger partial charge in [0.25, 0.3) is 0 Å². The van der Waals surface area contributed by atoms with Crippen molar-refractivity contribution in [3.8, 4) is 11.5 Å². The third kappa shape index (κ3) is 5.49. The van der Waals surface area contributed by atoms with Crippen molar-refractivity contribution in [1.29, 1.82) is 0 Å². The second-order valence-electron chi connectivity index (χ2n) is 4.56. The number of phenolic OH excluding ortho intramolecular Hbond substituents is 1. The maximum Gasteiger partial charge on any atom is 0.161 e. The first-order chi connectivity index (χ1) is 9.21. The fraction of sp³-hybridized carbons (Fsp3) is 0.600. The van der Waals surface area contributed by atoms with Crippen LogP contribution in [0.1, 0.15) is 32.3 Å². The Kier molecular flexibility index (Phi) is 7.30. The van der Waals surface area contributed by atoms with E-state index in [9.17, 15) is 5.11 Å². The molecule has 0 aliphatic carbocycles. The summed E-state index contributed by atoms with van der Waals surface area (Å²) in [5.41, 5.74) is 1.10. The van der Waals surface area contributed by atoms with Gasteiger partial charge in [-0.15, -0.1) is 0 Å². The molecule has 19 heavy (non-hydrogen) atoms. The summed E-state index contributed by atoms with van der Waals surface area (Å²) in [6.45, 7) is 6.07. The molecule has 4 nitrogen and oxygen atoms in total. The minimum absolute atomic E-state index is 0.188. The van der Waals surface area contributed by atoms with Gasteiger partial charge in [0.05, 0.1) is 13.2 Å². The Morgan fingerprint density at radius 1 is 1.32 bits per heavy atom. The normalized spacial score (nSPS) is 12.4. The van der Waals surface area contributed by atoms with Crippen LogP contribution in [-0.2, 0) is 11.3 Å². The molecule has 2 N–H and O–H groups in total. The van der Waals surface area contributed by atoms with Crippen molar-refractivity contribution in [2.45, 2.75) is 39.3 Å². The van der Waals surface area contributed by atoms with Gasteiger partial charge in [-0.05, 0) is 31.0 Å². The molecule has 1 atom stereocenters. The first kappa shape index (κ1) is 15.8. The lowest BCUT2D eigenvalue weighted by atomic mass is 10.1. The average molecular weight is 267 g/mol. The molecule has 0 aliphatic heterocycles. The van der Waals surface area contributed by atoms with E-state index in [1.54, 1.807) is 13.2 Å². The smallest absolute Gasteiger partial charge is 0.161 e. The number of hydrogen-bond donors (Lipinski definition) is 2. The molecule has 4 heteroatoms. The number of ether oxygens (including phenoxy) is 2. The van der Waals surface area contributed by atoms with E-state index in [4.69, 9.17) is 9.47 Å². The van der Waals surface area contributed by atoms with Crippen LogP contribution >= 0.6 is 0 Å². The number of nitrogens with one attached hydrogen (secondary N) is 1. The Bertz CT molecular complexity index is 362. The average Bonchev–Trinajstić information content (AvgIpc) is 2.40. The van der Waals surface area contributed by atoms with Gasteiger partial charge in [0.15, 0.2) is 11.5 Å². The minimum Gasteiger partial charge on any atom is -0.504 e. The van der Waals surface area contributed by atoms with E-state index in [0.29, 0.717) is 25.0 Å². The number of rotatable bonds is 9. The molecule has 0 heterocycles. The fourth-order valence-electron chi connectivity index (χ4n) is 2.00. The Balaban J connectivity index is 2.58. The van der Waals surface area contributed by atoms with Crippen molar-refractivity contribution < 1.29 is 14.6 Å². The van der Waals surface area contributed by atoms with Crippen molar-refractivity contribution >= 4 is 0 Å². The standard InChI is InChI=1S/C15H25NO3/c1-4-6-13(11-18-3)16-10-12-7-8-14(17)15(9-12)19-5-2/h7-9,13,16-17H,4-6,10-11H2,1-3H3. The second-order valence-corrected chi connectivity index (χ2v) is 4.56. The molecule has 0 amide bonds. The van der Waals surface area contributed by atoms with E-state index in [0.717, 1.165) is 24.9 Å². The topological polar surface area (TPSA) is 50.7 Å². The number of benzene rings is 1. The number of phenols is 1. The monoisotopic (exact) mass is 267 g/mol. The van der Waals surface area contributed by atoms with Gasteiger partial charge in [-0.2, -0.15) is 0 Å². The lowest BCUT2D eigenvalue weighted by Gasteiger charge is -2.17. The summed E-state index contributed by atoms with van der Waals surface area (Å²) < 4.78 is 10.6. The van der Waals surface area contributed by atoms with E-state index in [2.05, 4.69) is 12.2 Å². The maximum absolute atomic E-state index is 9.65. The Morgan fingerprint density at radius 2 is 2.11 bits per heavy atom. The summed E-state index contributed by atoms with van der Waals surface area (Å²) in [5, 5.41) is 13.1. The molecule has 0 saturated heterocycles. The molecule has 0 aliphatic rings. The van der Waals surface area contributed by atoms with Crippen LogP contribution in [0.2, 0.25) is 0 Å². The molecular formula is C15H25NO3. The molecule has 0 aromatic heterocycles. The molecule has 1 aromatic carbocycles. The molecule has 0 bridgehead atoms. The van der Waals surface area contributed by atoms with Crippen molar-refractivity contribution in [1.82, 2.24) is 5.32 Å². The molecule has 1 aromatic rings. The Morgan fingerprint density at radius 3 is 2.74 bits per heavy atom. The van der Waals surface area contributed by atoms with E-state index >= 15 is 0 Å². The Labute approximate surface area is 115 Å². The summed E-state index contributed by atoms with van der Waals surface area (Å²) >= 11 is 0. The maximum atomic E-state index is 9.65. The predicted molar refractivity (Wildman–Crippen MR) is 76.7 cm³/mol. The first-order valence-electron chi connectivity index (χ1n) is 6.88. The summed E-state index contributed by atoms with van der Waals surface area (Å²) in [6.07, 6.45) is 2.21. The van der Waals surface area contributed by atoms with Crippen LogP contribution in [0.15, 0.2) is 18.2 Å². The van der Waals surface area contributed by atoms with Gasteiger partial charge in [0.1, 0.15) is 0 Å². The van der Waals surface area contributed by atoms with E-state index < -0.39 is 0 Å². The van der Waals surface area contributed by atoms with E-state index in [-0.39, 0.29) is 5.75 Å². The Hall–Kier alpha value is -1.26. The largest absolute Gasteiger partial charge is 0.504 e. The van der Waals surface area contributed by atoms with Crippen LogP contribution in [0, 0.1) is 0 Å². The van der Waals surface area contributed by atoms with Crippen molar-refractivity contribution in [3.63, 3.8) is 0 Å². The highest BCUT2D eigenvalue weighted by Crippen LogP contribution is 2.26. The molecule has 0 radical (unpaired) electrons. The highest BCUT2D eigenvalue weighted by atomic mass is 16.5.